The van der Waals surface area contributed by atoms with E-state index in [1.165, 1.54) is 13.0 Å². The number of carbonyl (C=O) groups is 2. The molecular formula is C13H22O4. The maximum atomic E-state index is 11.1. The molecule has 0 saturated heterocycles. The molecule has 0 fully saturated rings. The lowest BCUT2D eigenvalue weighted by Gasteiger charge is -2.22. The lowest BCUT2D eigenvalue weighted by molar-refractivity contribution is -0.141. The summed E-state index contributed by atoms with van der Waals surface area (Å²) in [6.45, 7) is 8.09. The predicted molar refractivity (Wildman–Crippen MR) is 65.4 cm³/mol. The van der Waals surface area contributed by atoms with Crippen molar-refractivity contribution < 1.29 is 19.1 Å². The fraction of sp³-hybridized carbons (Fsp3) is 0.692. The summed E-state index contributed by atoms with van der Waals surface area (Å²) in [7, 11) is 0. The number of hydrogen-bond donors (Lipinski definition) is 0. The Bertz CT molecular complexity index is 279. The van der Waals surface area contributed by atoms with Crippen molar-refractivity contribution in [2.75, 3.05) is 13.2 Å². The lowest BCUT2D eigenvalue weighted by Crippen LogP contribution is -2.15. The summed E-state index contributed by atoms with van der Waals surface area (Å²) in [5, 5.41) is 0. The van der Waals surface area contributed by atoms with Crippen LogP contribution in [0.2, 0.25) is 0 Å². The first kappa shape index (κ1) is 15.7. The maximum absolute atomic E-state index is 11.1. The molecule has 0 atom stereocenters. The van der Waals surface area contributed by atoms with Crippen molar-refractivity contribution in [2.45, 2.75) is 40.5 Å². The Morgan fingerprint density at radius 1 is 1.24 bits per heavy atom. The van der Waals surface area contributed by atoms with Crippen LogP contribution >= 0.6 is 0 Å². The largest absolute Gasteiger partial charge is 0.466 e. The Morgan fingerprint density at radius 3 is 2.41 bits per heavy atom. The molecule has 0 aromatic carbocycles. The molecule has 98 valence electrons. The highest BCUT2D eigenvalue weighted by Crippen LogP contribution is 2.25. The van der Waals surface area contributed by atoms with E-state index in [1.54, 1.807) is 13.0 Å². The van der Waals surface area contributed by atoms with E-state index < -0.39 is 0 Å². The Balaban J connectivity index is 3.91. The smallest absolute Gasteiger partial charge is 0.330 e. The lowest BCUT2D eigenvalue weighted by atomic mass is 9.86. The summed E-state index contributed by atoms with van der Waals surface area (Å²) in [5.41, 5.74) is -0.00154. The van der Waals surface area contributed by atoms with Crippen molar-refractivity contribution in [1.29, 1.82) is 0 Å². The minimum Gasteiger partial charge on any atom is -0.466 e. The molecule has 0 unspecified atom stereocenters. The average molecular weight is 242 g/mol. The van der Waals surface area contributed by atoms with Crippen molar-refractivity contribution in [3.05, 3.63) is 12.2 Å². The van der Waals surface area contributed by atoms with Crippen molar-refractivity contribution >= 4 is 11.9 Å². The van der Waals surface area contributed by atoms with E-state index in [1.807, 2.05) is 0 Å². The molecule has 0 amide bonds. The van der Waals surface area contributed by atoms with Crippen LogP contribution in [0.1, 0.15) is 40.5 Å². The van der Waals surface area contributed by atoms with Gasteiger partial charge in [-0.3, -0.25) is 4.79 Å². The number of ether oxygens (including phenoxy) is 2. The highest BCUT2D eigenvalue weighted by molar-refractivity contribution is 5.81. The third kappa shape index (κ3) is 9.60. The van der Waals surface area contributed by atoms with Crippen LogP contribution in [-0.2, 0) is 19.1 Å². The molecule has 0 aliphatic rings. The van der Waals surface area contributed by atoms with Crippen LogP contribution in [0.25, 0.3) is 0 Å². The third-order valence-corrected chi connectivity index (χ3v) is 2.30. The maximum Gasteiger partial charge on any atom is 0.330 e. The normalized spacial score (nSPS) is 11.5. The Kier molecular flexibility index (Phi) is 7.26. The van der Waals surface area contributed by atoms with Gasteiger partial charge in [0, 0.05) is 13.0 Å². The minimum atomic E-state index is -0.316. The minimum absolute atomic E-state index is 0.00154. The van der Waals surface area contributed by atoms with Crippen LogP contribution in [-0.4, -0.2) is 25.2 Å². The molecule has 0 aliphatic carbocycles. The molecule has 0 heterocycles. The van der Waals surface area contributed by atoms with Crippen LogP contribution in [0.5, 0.6) is 0 Å². The van der Waals surface area contributed by atoms with E-state index >= 15 is 0 Å². The molecule has 0 bridgehead atoms. The highest BCUT2D eigenvalue weighted by Gasteiger charge is 2.16. The van der Waals surface area contributed by atoms with Crippen molar-refractivity contribution in [3.63, 3.8) is 0 Å². The van der Waals surface area contributed by atoms with E-state index in [-0.39, 0.29) is 17.4 Å². The molecule has 0 aliphatic heterocycles. The molecule has 0 aromatic rings. The first-order chi connectivity index (χ1) is 7.87. The van der Waals surface area contributed by atoms with Gasteiger partial charge < -0.3 is 9.47 Å². The molecule has 0 rings (SSSR count). The van der Waals surface area contributed by atoms with Gasteiger partial charge in [0.2, 0.25) is 0 Å². The average Bonchev–Trinajstić information content (AvgIpc) is 2.16. The van der Waals surface area contributed by atoms with Gasteiger partial charge in [0.25, 0.3) is 0 Å². The molecule has 17 heavy (non-hydrogen) atoms. The first-order valence-corrected chi connectivity index (χ1v) is 5.84. The van der Waals surface area contributed by atoms with Gasteiger partial charge in [-0.15, -0.1) is 0 Å². The summed E-state index contributed by atoms with van der Waals surface area (Å²) in [6, 6.07) is 0. The van der Waals surface area contributed by atoms with E-state index in [0.29, 0.717) is 13.2 Å². The second-order valence-corrected chi connectivity index (χ2v) is 4.61. The quantitative estimate of drug-likeness (QED) is 0.508. The highest BCUT2D eigenvalue weighted by atomic mass is 16.5. The number of allylic oxidation sites excluding steroid dienone is 1. The third-order valence-electron chi connectivity index (χ3n) is 2.30. The van der Waals surface area contributed by atoms with Gasteiger partial charge in [-0.1, -0.05) is 19.9 Å². The summed E-state index contributed by atoms with van der Waals surface area (Å²) in [4.78, 5) is 21.7. The zero-order valence-corrected chi connectivity index (χ0v) is 11.1. The summed E-state index contributed by atoms with van der Waals surface area (Å²) in [5.74, 6) is -0.578. The van der Waals surface area contributed by atoms with Gasteiger partial charge in [0.1, 0.15) is 0 Å². The summed E-state index contributed by atoms with van der Waals surface area (Å²) >= 11 is 0. The molecule has 0 radical (unpaired) electrons. The van der Waals surface area contributed by atoms with Gasteiger partial charge in [-0.2, -0.15) is 0 Å². The zero-order valence-electron chi connectivity index (χ0n) is 11.1. The SMILES string of the molecule is CCOC(=O)C=CCC(C)(C)CCOC(C)=O. The fourth-order valence-corrected chi connectivity index (χ4v) is 1.24. The van der Waals surface area contributed by atoms with Crippen molar-refractivity contribution in [1.82, 2.24) is 0 Å². The fourth-order valence-electron chi connectivity index (χ4n) is 1.24. The van der Waals surface area contributed by atoms with Crippen LogP contribution in [0, 0.1) is 5.41 Å². The van der Waals surface area contributed by atoms with Crippen LogP contribution in [0.15, 0.2) is 12.2 Å². The monoisotopic (exact) mass is 242 g/mol. The molecule has 0 saturated carbocycles. The molecular weight excluding hydrogens is 220 g/mol. The summed E-state index contributed by atoms with van der Waals surface area (Å²) in [6.07, 6.45) is 4.75. The topological polar surface area (TPSA) is 52.6 Å². The van der Waals surface area contributed by atoms with E-state index in [2.05, 4.69) is 13.8 Å². The standard InChI is InChI=1S/C13H22O4/c1-5-16-12(15)7-6-8-13(3,4)9-10-17-11(2)14/h6-7H,5,8-10H2,1-4H3. The predicted octanol–water partition coefficient (Wildman–Crippen LogP) is 2.48. The van der Waals surface area contributed by atoms with Crippen molar-refractivity contribution in [3.8, 4) is 0 Å². The number of hydrogen-bond acceptors (Lipinski definition) is 4. The van der Waals surface area contributed by atoms with Gasteiger partial charge in [0.15, 0.2) is 0 Å². The van der Waals surface area contributed by atoms with E-state index in [4.69, 9.17) is 9.47 Å². The first-order valence-electron chi connectivity index (χ1n) is 5.84. The number of esters is 2. The van der Waals surface area contributed by atoms with Gasteiger partial charge >= 0.3 is 11.9 Å². The van der Waals surface area contributed by atoms with E-state index in [9.17, 15) is 9.59 Å². The molecule has 0 aromatic heterocycles. The zero-order chi connectivity index (χ0) is 13.3. The Labute approximate surface area is 103 Å². The number of carbonyl (C=O) groups excluding carboxylic acids is 2. The molecule has 4 heteroatoms. The summed E-state index contributed by atoms with van der Waals surface area (Å²) < 4.78 is 9.66. The van der Waals surface area contributed by atoms with Crippen molar-refractivity contribution in [2.24, 2.45) is 5.41 Å². The molecule has 0 spiro atoms. The van der Waals surface area contributed by atoms with Gasteiger partial charge in [0.05, 0.1) is 13.2 Å². The Morgan fingerprint density at radius 2 is 1.88 bits per heavy atom. The number of rotatable bonds is 7. The second-order valence-electron chi connectivity index (χ2n) is 4.61. The van der Waals surface area contributed by atoms with Crippen LogP contribution in [0.3, 0.4) is 0 Å². The Hall–Kier alpha value is -1.32. The van der Waals surface area contributed by atoms with Crippen LogP contribution in [0.4, 0.5) is 0 Å². The molecule has 0 N–H and O–H groups in total. The van der Waals surface area contributed by atoms with Gasteiger partial charge in [-0.25, -0.2) is 4.79 Å². The van der Waals surface area contributed by atoms with E-state index in [0.717, 1.165) is 12.8 Å². The van der Waals surface area contributed by atoms with Gasteiger partial charge in [-0.05, 0) is 25.2 Å². The molecule has 4 nitrogen and oxygen atoms in total. The second kappa shape index (κ2) is 7.87. The van der Waals surface area contributed by atoms with Crippen LogP contribution < -0.4 is 0 Å².